The fraction of sp³-hybridized carbons (Fsp3) is 0.765. The van der Waals surface area contributed by atoms with E-state index in [9.17, 15) is 24.9 Å². The quantitative estimate of drug-likeness (QED) is 0.0987. The molecule has 5 N–H and O–H groups in total. The van der Waals surface area contributed by atoms with E-state index in [2.05, 4.69) is 24.5 Å². The number of rotatable bonds is 11. The summed E-state index contributed by atoms with van der Waals surface area (Å²) in [6, 6.07) is -0.0438. The van der Waals surface area contributed by atoms with Gasteiger partial charge in [-0.2, -0.15) is 0 Å². The van der Waals surface area contributed by atoms with Crippen LogP contribution in [0.4, 0.5) is 4.79 Å². The van der Waals surface area contributed by atoms with Crippen molar-refractivity contribution in [3.63, 3.8) is 0 Å². The van der Waals surface area contributed by atoms with Gasteiger partial charge in [-0.1, -0.05) is 52.0 Å². The van der Waals surface area contributed by atoms with Gasteiger partial charge in [0.15, 0.2) is 6.10 Å². The summed E-state index contributed by atoms with van der Waals surface area (Å²) in [7, 11) is 1.70. The standard InChI is InChI=1S/C34H56N2O9/c1-8-26(42-7)23(5)31-32(45-31)29(39)20(2)10-9-11-21(3)30-22(4)12-13-27(43-33(40)36-24-15-17-35-19-24)34(6,41)16-14-25(37)18-28(38)44-30/h9-13,20,22-27,29-32,35,37,39,41H,8,14-19H2,1-7H3,(H,36,40)/b10-9+,13-12+,21-11+. The van der Waals surface area contributed by atoms with E-state index < -0.39 is 42.1 Å². The number of cyclic esters (lactones) is 1. The maximum Gasteiger partial charge on any atom is 0.408 e. The Morgan fingerprint density at radius 1 is 1.27 bits per heavy atom. The third-order valence-corrected chi connectivity index (χ3v) is 9.41. The number of alkyl carbamates (subject to hydrolysis) is 1. The first-order valence-electron chi connectivity index (χ1n) is 16.4. The summed E-state index contributed by atoms with van der Waals surface area (Å²) in [5, 5.41) is 38.7. The van der Waals surface area contributed by atoms with Gasteiger partial charge in [0, 0.05) is 37.5 Å². The zero-order valence-corrected chi connectivity index (χ0v) is 28.0. The van der Waals surface area contributed by atoms with Gasteiger partial charge in [0.2, 0.25) is 0 Å². The van der Waals surface area contributed by atoms with E-state index in [0.29, 0.717) is 6.54 Å². The second kappa shape index (κ2) is 17.0. The second-order valence-corrected chi connectivity index (χ2v) is 13.3. The van der Waals surface area contributed by atoms with E-state index in [1.165, 1.54) is 0 Å². The molecule has 0 spiro atoms. The number of ether oxygens (including phenoxy) is 4. The third kappa shape index (κ3) is 10.9. The second-order valence-electron chi connectivity index (χ2n) is 13.3. The van der Waals surface area contributed by atoms with Gasteiger partial charge >= 0.3 is 12.1 Å². The molecule has 256 valence electrons. The zero-order chi connectivity index (χ0) is 33.3. The third-order valence-electron chi connectivity index (χ3n) is 9.41. The van der Waals surface area contributed by atoms with Crippen LogP contribution in [0.2, 0.25) is 0 Å². The lowest BCUT2D eigenvalue weighted by Crippen LogP contribution is -2.46. The van der Waals surface area contributed by atoms with Crippen molar-refractivity contribution in [2.45, 2.75) is 128 Å². The smallest absolute Gasteiger partial charge is 0.408 e. The number of hydrogen-bond donors (Lipinski definition) is 5. The van der Waals surface area contributed by atoms with Crippen molar-refractivity contribution in [1.29, 1.82) is 0 Å². The minimum Gasteiger partial charge on any atom is -0.457 e. The molecule has 12 atom stereocenters. The van der Waals surface area contributed by atoms with Gasteiger partial charge in [-0.05, 0) is 57.7 Å². The average Bonchev–Trinajstić information content (AvgIpc) is 3.63. The highest BCUT2D eigenvalue weighted by Crippen LogP contribution is 2.37. The van der Waals surface area contributed by atoms with Gasteiger partial charge < -0.3 is 44.9 Å². The lowest BCUT2D eigenvalue weighted by molar-refractivity contribution is -0.151. The maximum absolute atomic E-state index is 12.8. The minimum absolute atomic E-state index is 0.0438. The molecule has 3 rings (SSSR count). The molecule has 0 aliphatic carbocycles. The summed E-state index contributed by atoms with van der Waals surface area (Å²) in [4.78, 5) is 25.5. The molecule has 0 aromatic carbocycles. The Hall–Kier alpha value is -2.28. The van der Waals surface area contributed by atoms with Crippen molar-refractivity contribution in [2.24, 2.45) is 17.8 Å². The molecule has 3 aliphatic heterocycles. The Labute approximate surface area is 268 Å². The van der Waals surface area contributed by atoms with Crippen molar-refractivity contribution in [3.05, 3.63) is 36.0 Å². The molecule has 2 saturated heterocycles. The molecule has 11 heteroatoms. The van der Waals surface area contributed by atoms with Gasteiger partial charge in [0.05, 0.1) is 30.8 Å². The molecule has 3 aliphatic rings. The molecule has 12 unspecified atom stereocenters. The Bertz CT molecular complexity index is 1050. The van der Waals surface area contributed by atoms with E-state index >= 15 is 0 Å². The number of aliphatic hydroxyl groups is 3. The molecule has 1 amide bonds. The first kappa shape index (κ1) is 37.2. The summed E-state index contributed by atoms with van der Waals surface area (Å²) in [6.45, 7) is 12.8. The molecule has 3 heterocycles. The fourth-order valence-electron chi connectivity index (χ4n) is 6.23. The van der Waals surface area contributed by atoms with Gasteiger partial charge in [0.1, 0.15) is 17.8 Å². The molecular formula is C34H56N2O9. The highest BCUT2D eigenvalue weighted by atomic mass is 16.6. The summed E-state index contributed by atoms with van der Waals surface area (Å²) < 4.78 is 22.9. The van der Waals surface area contributed by atoms with Crippen LogP contribution in [0.5, 0.6) is 0 Å². The van der Waals surface area contributed by atoms with Gasteiger partial charge in [-0.15, -0.1) is 0 Å². The largest absolute Gasteiger partial charge is 0.457 e. The molecular weight excluding hydrogens is 580 g/mol. The topological polar surface area (TPSA) is 159 Å². The molecule has 0 saturated carbocycles. The number of hydrogen-bond acceptors (Lipinski definition) is 10. The van der Waals surface area contributed by atoms with Gasteiger partial charge in [-0.25, -0.2) is 4.79 Å². The Morgan fingerprint density at radius 3 is 2.64 bits per heavy atom. The number of allylic oxidation sites excluding steroid dienone is 2. The summed E-state index contributed by atoms with van der Waals surface area (Å²) in [5.74, 6) is -0.902. The lowest BCUT2D eigenvalue weighted by atomic mass is 9.88. The molecule has 0 aromatic rings. The first-order chi connectivity index (χ1) is 21.3. The monoisotopic (exact) mass is 636 g/mol. The molecule has 2 fully saturated rings. The van der Waals surface area contributed by atoms with E-state index in [4.69, 9.17) is 18.9 Å². The fourth-order valence-corrected chi connectivity index (χ4v) is 6.23. The highest BCUT2D eigenvalue weighted by Gasteiger charge is 2.50. The predicted molar refractivity (Wildman–Crippen MR) is 170 cm³/mol. The van der Waals surface area contributed by atoms with Crippen LogP contribution >= 0.6 is 0 Å². The highest BCUT2D eigenvalue weighted by molar-refractivity contribution is 5.70. The van der Waals surface area contributed by atoms with E-state index in [-0.39, 0.29) is 61.4 Å². The maximum atomic E-state index is 12.8. The van der Waals surface area contributed by atoms with Crippen molar-refractivity contribution < 1.29 is 43.9 Å². The van der Waals surface area contributed by atoms with Crippen LogP contribution in [0.25, 0.3) is 0 Å². The zero-order valence-electron chi connectivity index (χ0n) is 28.0. The van der Waals surface area contributed by atoms with Crippen LogP contribution in [0, 0.1) is 17.8 Å². The average molecular weight is 637 g/mol. The molecule has 0 aromatic heterocycles. The number of nitrogens with one attached hydrogen (secondary N) is 2. The Balaban J connectivity index is 1.71. The number of amides is 1. The van der Waals surface area contributed by atoms with Crippen molar-refractivity contribution in [1.82, 2.24) is 10.6 Å². The number of esters is 1. The molecule has 0 bridgehead atoms. The summed E-state index contributed by atoms with van der Waals surface area (Å²) in [5.41, 5.74) is -0.727. The normalized spacial score (nSPS) is 36.6. The van der Waals surface area contributed by atoms with Crippen LogP contribution in [0.15, 0.2) is 36.0 Å². The predicted octanol–water partition coefficient (Wildman–Crippen LogP) is 3.17. The summed E-state index contributed by atoms with van der Waals surface area (Å²) >= 11 is 0. The lowest BCUT2D eigenvalue weighted by Gasteiger charge is -2.33. The first-order valence-corrected chi connectivity index (χ1v) is 16.4. The Morgan fingerprint density at radius 2 is 2.00 bits per heavy atom. The molecule has 45 heavy (non-hydrogen) atoms. The minimum atomic E-state index is -1.48. The van der Waals surface area contributed by atoms with Crippen molar-refractivity contribution in [2.75, 3.05) is 20.2 Å². The summed E-state index contributed by atoms with van der Waals surface area (Å²) in [6.07, 6.45) is 6.45. The van der Waals surface area contributed by atoms with Gasteiger partial charge in [0.25, 0.3) is 0 Å². The Kier molecular flexibility index (Phi) is 14.1. The number of carbonyl (C=O) groups excluding carboxylic acids is 2. The number of methoxy groups -OCH3 is 1. The SMILES string of the molecule is CCC(OC)C(C)C1OC1C(O)C(C)/C=C/C=C(\C)C1OC(=O)CC(O)CCC(C)(O)C(OC(=O)NC2CCNC2)/C=C/C1C. The van der Waals surface area contributed by atoms with E-state index in [1.54, 1.807) is 26.2 Å². The number of carbonyl (C=O) groups is 2. The van der Waals surface area contributed by atoms with Crippen LogP contribution in [0.3, 0.4) is 0 Å². The van der Waals surface area contributed by atoms with E-state index in [1.807, 2.05) is 39.0 Å². The van der Waals surface area contributed by atoms with Crippen LogP contribution < -0.4 is 10.6 Å². The van der Waals surface area contributed by atoms with E-state index in [0.717, 1.165) is 25.0 Å². The number of aliphatic hydroxyl groups excluding tert-OH is 2. The van der Waals surface area contributed by atoms with Crippen LogP contribution in [-0.2, 0) is 23.7 Å². The van der Waals surface area contributed by atoms with Gasteiger partial charge in [-0.3, -0.25) is 4.79 Å². The molecule has 11 nitrogen and oxygen atoms in total. The van der Waals surface area contributed by atoms with Crippen molar-refractivity contribution in [3.8, 4) is 0 Å². The van der Waals surface area contributed by atoms with Crippen molar-refractivity contribution >= 4 is 12.1 Å². The number of epoxide rings is 1. The van der Waals surface area contributed by atoms with Crippen LogP contribution in [-0.4, -0.2) is 102 Å². The van der Waals surface area contributed by atoms with Crippen LogP contribution in [0.1, 0.15) is 73.6 Å². The molecule has 0 radical (unpaired) electrons.